The number of morpholine rings is 1. The highest BCUT2D eigenvalue weighted by Crippen LogP contribution is 2.27. The van der Waals surface area contributed by atoms with Gasteiger partial charge in [0, 0.05) is 35.7 Å². The van der Waals surface area contributed by atoms with Crippen molar-refractivity contribution in [2.24, 2.45) is 0 Å². The van der Waals surface area contributed by atoms with Gasteiger partial charge in [-0.2, -0.15) is 5.10 Å². The second-order valence-electron chi connectivity index (χ2n) is 6.59. The molecule has 1 saturated heterocycles. The van der Waals surface area contributed by atoms with Gasteiger partial charge in [-0.1, -0.05) is 40.3 Å². The van der Waals surface area contributed by atoms with Crippen molar-refractivity contribution in [3.8, 4) is 16.8 Å². The van der Waals surface area contributed by atoms with Crippen LogP contribution in [0.25, 0.3) is 16.8 Å². The van der Waals surface area contributed by atoms with Crippen LogP contribution in [0.5, 0.6) is 0 Å². The molecule has 1 fully saturated rings. The summed E-state index contributed by atoms with van der Waals surface area (Å²) in [4.78, 5) is 3.05. The summed E-state index contributed by atoms with van der Waals surface area (Å²) in [5.41, 5.74) is 3.80. The summed E-state index contributed by atoms with van der Waals surface area (Å²) in [6.45, 7) is 3.02. The molecule has 4 rings (SSSR count). The molecular weight excluding hydrogens is 441 g/mol. The molecule has 2 aromatic carbocycles. The van der Waals surface area contributed by atoms with Crippen molar-refractivity contribution in [2.75, 3.05) is 26.3 Å². The Kier molecular flexibility index (Phi) is 5.85. The van der Waals surface area contributed by atoms with Crippen LogP contribution in [0.3, 0.4) is 0 Å². The third-order valence-electron chi connectivity index (χ3n) is 4.72. The number of thiocarbonyl (C=S) groups is 1. The second kappa shape index (κ2) is 8.51. The SMILES string of the molecule is Fc1ccc(-n2cc(-c3ccc(Br)cc3)c(CC(=S)N3CCOCC3)n2)cc1. The number of halogens is 2. The summed E-state index contributed by atoms with van der Waals surface area (Å²) < 4.78 is 21.5. The van der Waals surface area contributed by atoms with E-state index in [1.54, 1.807) is 16.8 Å². The molecule has 2 heterocycles. The van der Waals surface area contributed by atoms with Crippen molar-refractivity contribution in [1.29, 1.82) is 0 Å². The first-order valence-corrected chi connectivity index (χ1v) is 10.3. The zero-order chi connectivity index (χ0) is 19.5. The van der Waals surface area contributed by atoms with Gasteiger partial charge in [-0.15, -0.1) is 0 Å². The van der Waals surface area contributed by atoms with Crippen LogP contribution in [-0.4, -0.2) is 46.0 Å². The maximum absolute atomic E-state index is 13.3. The molecule has 0 spiro atoms. The van der Waals surface area contributed by atoms with Gasteiger partial charge in [-0.05, 0) is 42.0 Å². The monoisotopic (exact) mass is 459 g/mol. The third kappa shape index (κ3) is 4.32. The van der Waals surface area contributed by atoms with E-state index in [1.807, 2.05) is 18.3 Å². The van der Waals surface area contributed by atoms with Gasteiger partial charge < -0.3 is 9.64 Å². The highest BCUT2D eigenvalue weighted by atomic mass is 79.9. The zero-order valence-corrected chi connectivity index (χ0v) is 17.5. The molecule has 0 bridgehead atoms. The van der Waals surface area contributed by atoms with Gasteiger partial charge in [0.05, 0.1) is 29.6 Å². The van der Waals surface area contributed by atoms with Gasteiger partial charge in [-0.25, -0.2) is 9.07 Å². The van der Waals surface area contributed by atoms with E-state index in [1.165, 1.54) is 12.1 Å². The second-order valence-corrected chi connectivity index (χ2v) is 7.97. The van der Waals surface area contributed by atoms with Crippen molar-refractivity contribution in [1.82, 2.24) is 14.7 Å². The first-order valence-electron chi connectivity index (χ1n) is 9.06. The fourth-order valence-corrected chi connectivity index (χ4v) is 3.79. The fourth-order valence-electron chi connectivity index (χ4n) is 3.20. The first kappa shape index (κ1) is 19.2. The van der Waals surface area contributed by atoms with Gasteiger partial charge >= 0.3 is 0 Å². The lowest BCUT2D eigenvalue weighted by atomic mass is 10.0. The van der Waals surface area contributed by atoms with Crippen LogP contribution >= 0.6 is 28.1 Å². The standard InChI is InChI=1S/C21H19BrFN3OS/c22-16-3-1-15(2-4-16)19-14-26(18-7-5-17(23)6-8-18)24-20(19)13-21(28)25-9-11-27-12-10-25/h1-8,14H,9-13H2. The number of ether oxygens (including phenoxy) is 1. The minimum Gasteiger partial charge on any atom is -0.378 e. The minimum absolute atomic E-state index is 0.266. The summed E-state index contributed by atoms with van der Waals surface area (Å²) >= 11 is 9.18. The lowest BCUT2D eigenvalue weighted by molar-refractivity contribution is 0.0684. The predicted octanol–water partition coefficient (Wildman–Crippen LogP) is 4.64. The van der Waals surface area contributed by atoms with Gasteiger partial charge in [-0.3, -0.25) is 0 Å². The highest BCUT2D eigenvalue weighted by Gasteiger charge is 2.19. The van der Waals surface area contributed by atoms with Gasteiger partial charge in [0.25, 0.3) is 0 Å². The highest BCUT2D eigenvalue weighted by molar-refractivity contribution is 9.10. The van der Waals surface area contributed by atoms with Crippen LogP contribution in [0.2, 0.25) is 0 Å². The van der Waals surface area contributed by atoms with E-state index in [0.29, 0.717) is 19.6 Å². The lowest BCUT2D eigenvalue weighted by Crippen LogP contribution is -2.40. The van der Waals surface area contributed by atoms with Crippen LogP contribution in [0.1, 0.15) is 5.69 Å². The Bertz CT molecular complexity index is 966. The van der Waals surface area contributed by atoms with Gasteiger partial charge in [0.2, 0.25) is 0 Å². The molecule has 0 aliphatic carbocycles. The molecule has 1 aliphatic heterocycles. The summed E-state index contributed by atoms with van der Waals surface area (Å²) in [5, 5.41) is 4.78. The summed E-state index contributed by atoms with van der Waals surface area (Å²) in [7, 11) is 0. The number of hydrogen-bond donors (Lipinski definition) is 0. The summed E-state index contributed by atoms with van der Waals surface area (Å²) in [6.07, 6.45) is 2.56. The number of aromatic nitrogens is 2. The van der Waals surface area contributed by atoms with Gasteiger partial charge in [0.15, 0.2) is 0 Å². The maximum atomic E-state index is 13.3. The van der Waals surface area contributed by atoms with Crippen molar-refractivity contribution in [3.05, 3.63) is 70.7 Å². The van der Waals surface area contributed by atoms with Gasteiger partial charge in [0.1, 0.15) is 5.82 Å². The van der Waals surface area contributed by atoms with Crippen molar-refractivity contribution >= 4 is 33.1 Å². The number of hydrogen-bond acceptors (Lipinski definition) is 3. The minimum atomic E-state index is -0.266. The van der Waals surface area contributed by atoms with E-state index in [2.05, 4.69) is 33.0 Å². The molecule has 28 heavy (non-hydrogen) atoms. The van der Waals surface area contributed by atoms with Crippen LogP contribution in [0, 0.1) is 5.82 Å². The Hall–Kier alpha value is -2.09. The molecular formula is C21H19BrFN3OS. The van der Waals surface area contributed by atoms with Crippen molar-refractivity contribution < 1.29 is 9.13 Å². The van der Waals surface area contributed by atoms with E-state index in [9.17, 15) is 4.39 Å². The van der Waals surface area contributed by atoms with Crippen molar-refractivity contribution in [2.45, 2.75) is 6.42 Å². The molecule has 7 heteroatoms. The largest absolute Gasteiger partial charge is 0.378 e. The van der Waals surface area contributed by atoms with Crippen LogP contribution in [0.4, 0.5) is 4.39 Å². The molecule has 1 aromatic heterocycles. The molecule has 0 unspecified atom stereocenters. The van der Waals surface area contributed by atoms with Crippen molar-refractivity contribution in [3.63, 3.8) is 0 Å². The molecule has 0 amide bonds. The molecule has 4 nitrogen and oxygen atoms in total. The first-order chi connectivity index (χ1) is 13.6. The Labute approximate surface area is 177 Å². The van der Waals surface area contributed by atoms with Crippen LogP contribution in [-0.2, 0) is 11.2 Å². The molecule has 0 radical (unpaired) electrons. The predicted molar refractivity (Wildman–Crippen MR) is 115 cm³/mol. The Balaban J connectivity index is 1.68. The van der Waals surface area contributed by atoms with E-state index < -0.39 is 0 Å². The van der Waals surface area contributed by atoms with E-state index in [-0.39, 0.29) is 5.82 Å². The lowest BCUT2D eigenvalue weighted by Gasteiger charge is -2.29. The third-order valence-corrected chi connectivity index (χ3v) is 5.65. The zero-order valence-electron chi connectivity index (χ0n) is 15.1. The summed E-state index contributed by atoms with van der Waals surface area (Å²) in [6, 6.07) is 14.4. The quantitative estimate of drug-likeness (QED) is 0.531. The number of rotatable bonds is 4. The number of benzene rings is 2. The fraction of sp³-hybridized carbons (Fsp3) is 0.238. The average Bonchev–Trinajstić information content (AvgIpc) is 3.13. The molecule has 0 N–H and O–H groups in total. The molecule has 144 valence electrons. The van der Waals surface area contributed by atoms with E-state index in [4.69, 9.17) is 22.1 Å². The summed E-state index contributed by atoms with van der Waals surface area (Å²) in [5.74, 6) is -0.266. The van der Waals surface area contributed by atoms with E-state index in [0.717, 1.165) is 45.1 Å². The Morgan fingerprint density at radius 3 is 2.43 bits per heavy atom. The molecule has 0 saturated carbocycles. The normalized spacial score (nSPS) is 14.3. The maximum Gasteiger partial charge on any atom is 0.123 e. The Morgan fingerprint density at radius 2 is 1.75 bits per heavy atom. The van der Waals surface area contributed by atoms with Crippen LogP contribution in [0.15, 0.2) is 59.2 Å². The smallest absolute Gasteiger partial charge is 0.123 e. The van der Waals surface area contributed by atoms with Crippen LogP contribution < -0.4 is 0 Å². The Morgan fingerprint density at radius 1 is 1.07 bits per heavy atom. The topological polar surface area (TPSA) is 30.3 Å². The molecule has 0 atom stereocenters. The van der Waals surface area contributed by atoms with E-state index >= 15 is 0 Å². The average molecular weight is 460 g/mol. The molecule has 1 aliphatic rings. The molecule has 3 aromatic rings. The number of nitrogens with zero attached hydrogens (tertiary/aromatic N) is 3.